The Hall–Kier alpha value is -3.01. The van der Waals surface area contributed by atoms with E-state index in [0.717, 1.165) is 0 Å². The van der Waals surface area contributed by atoms with Crippen LogP contribution in [0.15, 0.2) is 24.3 Å². The lowest BCUT2D eigenvalue weighted by atomic mass is 10.1. The van der Waals surface area contributed by atoms with Crippen LogP contribution in [0.3, 0.4) is 0 Å². The van der Waals surface area contributed by atoms with Gasteiger partial charge in [-0.25, -0.2) is 9.59 Å². The van der Waals surface area contributed by atoms with E-state index in [4.69, 9.17) is 17.3 Å². The van der Waals surface area contributed by atoms with Crippen LogP contribution in [0.1, 0.15) is 18.4 Å². The van der Waals surface area contributed by atoms with E-state index in [1.54, 1.807) is 24.3 Å². The van der Waals surface area contributed by atoms with Crippen LogP contribution >= 0.6 is 0 Å². The van der Waals surface area contributed by atoms with E-state index in [0.29, 0.717) is 11.3 Å². The summed E-state index contributed by atoms with van der Waals surface area (Å²) >= 11 is 0. The van der Waals surface area contributed by atoms with Crippen molar-refractivity contribution in [3.8, 4) is 12.3 Å². The first kappa shape index (κ1) is 16.0. The number of nitrogens with two attached hydrogens (primary N) is 1. The number of carboxylic acid groups (broad SMARTS) is 1. The van der Waals surface area contributed by atoms with Crippen molar-refractivity contribution in [1.29, 1.82) is 0 Å². The Labute approximate surface area is 121 Å². The van der Waals surface area contributed by atoms with Crippen LogP contribution in [0.4, 0.5) is 10.5 Å². The van der Waals surface area contributed by atoms with Crippen molar-refractivity contribution in [1.82, 2.24) is 5.32 Å². The van der Waals surface area contributed by atoms with Crippen LogP contribution in [-0.2, 0) is 9.59 Å². The molecule has 0 aliphatic carbocycles. The molecule has 1 aromatic rings. The van der Waals surface area contributed by atoms with Gasteiger partial charge in [0.15, 0.2) is 0 Å². The molecule has 7 nitrogen and oxygen atoms in total. The minimum Gasteiger partial charge on any atom is -0.480 e. The summed E-state index contributed by atoms with van der Waals surface area (Å²) in [6.07, 6.45) is 5.02. The van der Waals surface area contributed by atoms with Crippen molar-refractivity contribution in [3.63, 3.8) is 0 Å². The van der Waals surface area contributed by atoms with E-state index < -0.39 is 23.9 Å². The number of nitrogens with one attached hydrogen (secondary N) is 2. The number of primary amides is 1. The largest absolute Gasteiger partial charge is 0.480 e. The smallest absolute Gasteiger partial charge is 0.326 e. The Balaban J connectivity index is 2.63. The molecular formula is C14H15N3O4. The fraction of sp³-hybridized carbons (Fsp3) is 0.214. The molecule has 3 amide bonds. The van der Waals surface area contributed by atoms with E-state index in [2.05, 4.69) is 16.6 Å². The minimum atomic E-state index is -1.25. The average molecular weight is 289 g/mol. The maximum Gasteiger partial charge on any atom is 0.326 e. The molecule has 7 heteroatoms. The second-order valence-electron chi connectivity index (χ2n) is 4.22. The third kappa shape index (κ3) is 5.65. The third-order valence-electron chi connectivity index (χ3n) is 2.57. The highest BCUT2D eigenvalue weighted by molar-refractivity contribution is 5.92. The van der Waals surface area contributed by atoms with E-state index >= 15 is 0 Å². The second kappa shape index (κ2) is 7.55. The molecule has 1 rings (SSSR count). The highest BCUT2D eigenvalue weighted by Crippen LogP contribution is 2.09. The van der Waals surface area contributed by atoms with Crippen molar-refractivity contribution in [2.75, 3.05) is 5.32 Å². The van der Waals surface area contributed by atoms with Gasteiger partial charge in [0.05, 0.1) is 0 Å². The van der Waals surface area contributed by atoms with Gasteiger partial charge < -0.3 is 21.5 Å². The number of rotatable bonds is 6. The Kier molecular flexibility index (Phi) is 5.77. The zero-order chi connectivity index (χ0) is 15.8. The summed E-state index contributed by atoms with van der Waals surface area (Å²) in [6, 6.07) is 4.62. The zero-order valence-corrected chi connectivity index (χ0v) is 11.1. The first-order valence-electron chi connectivity index (χ1n) is 6.07. The van der Waals surface area contributed by atoms with Gasteiger partial charge >= 0.3 is 12.0 Å². The summed E-state index contributed by atoms with van der Waals surface area (Å²) in [5.74, 6) is 0.535. The number of hydrogen-bond donors (Lipinski definition) is 4. The third-order valence-corrected chi connectivity index (χ3v) is 2.57. The first-order valence-corrected chi connectivity index (χ1v) is 6.07. The summed E-state index contributed by atoms with van der Waals surface area (Å²) < 4.78 is 0. The van der Waals surface area contributed by atoms with Crippen LogP contribution in [0.25, 0.3) is 0 Å². The van der Waals surface area contributed by atoms with Gasteiger partial charge in [0.2, 0.25) is 5.91 Å². The predicted octanol–water partition coefficient (Wildman–Crippen LogP) is 0.508. The molecular weight excluding hydrogens is 274 g/mol. The Morgan fingerprint density at radius 3 is 2.67 bits per heavy atom. The quantitative estimate of drug-likeness (QED) is 0.570. The monoisotopic (exact) mass is 289 g/mol. The summed E-state index contributed by atoms with van der Waals surface area (Å²) in [5.41, 5.74) is 5.96. The lowest BCUT2D eigenvalue weighted by molar-refractivity contribution is -0.139. The molecule has 0 aromatic heterocycles. The van der Waals surface area contributed by atoms with Gasteiger partial charge in [-0.3, -0.25) is 4.79 Å². The molecule has 0 radical (unpaired) electrons. The van der Waals surface area contributed by atoms with Crippen molar-refractivity contribution in [2.45, 2.75) is 18.9 Å². The normalized spacial score (nSPS) is 11.0. The van der Waals surface area contributed by atoms with Gasteiger partial charge in [-0.1, -0.05) is 12.0 Å². The molecule has 5 N–H and O–H groups in total. The van der Waals surface area contributed by atoms with Crippen LogP contribution in [0.5, 0.6) is 0 Å². The van der Waals surface area contributed by atoms with Gasteiger partial charge in [-0.15, -0.1) is 6.42 Å². The Morgan fingerprint density at radius 2 is 2.10 bits per heavy atom. The van der Waals surface area contributed by atoms with Gasteiger partial charge in [0.1, 0.15) is 6.04 Å². The number of aliphatic carboxylic acids is 1. The fourth-order valence-electron chi connectivity index (χ4n) is 1.56. The van der Waals surface area contributed by atoms with Crippen LogP contribution < -0.4 is 16.4 Å². The van der Waals surface area contributed by atoms with Crippen molar-refractivity contribution in [3.05, 3.63) is 29.8 Å². The van der Waals surface area contributed by atoms with E-state index in [1.165, 1.54) is 0 Å². The molecule has 0 fully saturated rings. The summed E-state index contributed by atoms with van der Waals surface area (Å²) in [6.45, 7) is 0. The molecule has 0 saturated heterocycles. The van der Waals surface area contributed by atoms with Crippen LogP contribution in [0.2, 0.25) is 0 Å². The van der Waals surface area contributed by atoms with Gasteiger partial charge in [-0.05, 0) is 24.6 Å². The number of amides is 3. The maximum atomic E-state index is 11.7. The predicted molar refractivity (Wildman–Crippen MR) is 76.4 cm³/mol. The number of anilines is 1. The summed E-state index contributed by atoms with van der Waals surface area (Å²) in [4.78, 5) is 33.4. The number of urea groups is 1. The second-order valence-corrected chi connectivity index (χ2v) is 4.22. The standard InChI is InChI=1S/C14H15N3O4/c1-2-9-4-3-5-10(8-9)16-14(21)17-11(13(19)20)6-7-12(15)18/h1,3-5,8,11H,6-7H2,(H2,15,18)(H,19,20)(H2,16,17,21). The maximum absolute atomic E-state index is 11.7. The number of hydrogen-bond acceptors (Lipinski definition) is 3. The molecule has 110 valence electrons. The molecule has 1 unspecified atom stereocenters. The van der Waals surface area contributed by atoms with Crippen molar-refractivity contribution in [2.24, 2.45) is 5.73 Å². The summed E-state index contributed by atoms with van der Waals surface area (Å²) in [5, 5.41) is 13.7. The van der Waals surface area contributed by atoms with Gasteiger partial charge in [0, 0.05) is 17.7 Å². The van der Waals surface area contributed by atoms with Crippen molar-refractivity contribution >= 4 is 23.6 Å². The first-order chi connectivity index (χ1) is 9.92. The molecule has 0 spiro atoms. The molecule has 0 saturated carbocycles. The Bertz CT molecular complexity index is 592. The molecule has 0 bridgehead atoms. The highest BCUT2D eigenvalue weighted by atomic mass is 16.4. The molecule has 1 atom stereocenters. The van der Waals surface area contributed by atoms with E-state index in [9.17, 15) is 14.4 Å². The van der Waals surface area contributed by atoms with Gasteiger partial charge in [0.25, 0.3) is 0 Å². The van der Waals surface area contributed by atoms with Gasteiger partial charge in [-0.2, -0.15) is 0 Å². The van der Waals surface area contributed by atoms with Crippen molar-refractivity contribution < 1.29 is 19.5 Å². The Morgan fingerprint density at radius 1 is 1.38 bits per heavy atom. The molecule has 21 heavy (non-hydrogen) atoms. The number of carbonyl (C=O) groups is 3. The molecule has 0 heterocycles. The molecule has 1 aromatic carbocycles. The fourth-order valence-corrected chi connectivity index (χ4v) is 1.56. The van der Waals surface area contributed by atoms with E-state index in [1.807, 2.05) is 0 Å². The lowest BCUT2D eigenvalue weighted by Crippen LogP contribution is -2.43. The molecule has 0 aliphatic rings. The van der Waals surface area contributed by atoms with Crippen LogP contribution in [0, 0.1) is 12.3 Å². The highest BCUT2D eigenvalue weighted by Gasteiger charge is 2.20. The van der Waals surface area contributed by atoms with Crippen LogP contribution in [-0.4, -0.2) is 29.1 Å². The molecule has 0 aliphatic heterocycles. The topological polar surface area (TPSA) is 122 Å². The number of benzene rings is 1. The lowest BCUT2D eigenvalue weighted by Gasteiger charge is -2.14. The van der Waals surface area contributed by atoms with E-state index in [-0.39, 0.29) is 12.8 Å². The number of carbonyl (C=O) groups excluding carboxylic acids is 2. The minimum absolute atomic E-state index is 0.0809. The number of terminal acetylenes is 1. The SMILES string of the molecule is C#Cc1cccc(NC(=O)NC(CCC(N)=O)C(=O)O)c1. The zero-order valence-electron chi connectivity index (χ0n) is 11.1. The average Bonchev–Trinajstić information content (AvgIpc) is 2.43. The summed E-state index contributed by atoms with van der Waals surface area (Å²) in [7, 11) is 0. The number of carboxylic acids is 1.